The number of ether oxygens (including phenoxy) is 1. The molecule has 6 heteroatoms. The molecule has 1 saturated carbocycles. The summed E-state index contributed by atoms with van der Waals surface area (Å²) >= 11 is 0. The molecular formula is C13H17N3O3. The van der Waals surface area contributed by atoms with Gasteiger partial charge in [-0.2, -0.15) is 5.26 Å². The Balaban J connectivity index is 2.04. The van der Waals surface area contributed by atoms with E-state index in [0.717, 1.165) is 19.3 Å². The van der Waals surface area contributed by atoms with Gasteiger partial charge >= 0.3 is 0 Å². The first-order chi connectivity index (χ1) is 9.19. The van der Waals surface area contributed by atoms with Gasteiger partial charge < -0.3 is 14.6 Å². The standard InChI is InChI=1S/C13H17N3O3/c1-18-8-10-7-11(16-19-10)12(17)15-13(9-14)5-3-2-4-6-13/h7H,2-6,8H2,1H3,(H,15,17). The van der Waals surface area contributed by atoms with Gasteiger partial charge in [-0.15, -0.1) is 0 Å². The van der Waals surface area contributed by atoms with Crippen molar-refractivity contribution in [3.63, 3.8) is 0 Å². The van der Waals surface area contributed by atoms with Gasteiger partial charge in [0, 0.05) is 13.2 Å². The van der Waals surface area contributed by atoms with E-state index in [-0.39, 0.29) is 18.2 Å². The topological polar surface area (TPSA) is 88.1 Å². The first-order valence-electron chi connectivity index (χ1n) is 6.37. The molecule has 2 rings (SSSR count). The molecule has 1 aromatic heterocycles. The number of rotatable bonds is 4. The second-order valence-electron chi connectivity index (χ2n) is 4.82. The summed E-state index contributed by atoms with van der Waals surface area (Å²) in [5.41, 5.74) is -0.567. The van der Waals surface area contributed by atoms with Gasteiger partial charge in [-0.05, 0) is 12.8 Å². The molecule has 0 bridgehead atoms. The van der Waals surface area contributed by atoms with Crippen LogP contribution in [-0.4, -0.2) is 23.7 Å². The third-order valence-electron chi connectivity index (χ3n) is 3.35. The highest BCUT2D eigenvalue weighted by Crippen LogP contribution is 2.27. The highest BCUT2D eigenvalue weighted by Gasteiger charge is 2.34. The minimum atomic E-state index is -0.754. The van der Waals surface area contributed by atoms with Crippen molar-refractivity contribution in [3.8, 4) is 6.07 Å². The molecule has 0 saturated heterocycles. The van der Waals surface area contributed by atoms with E-state index in [9.17, 15) is 10.1 Å². The van der Waals surface area contributed by atoms with Gasteiger partial charge in [-0.3, -0.25) is 4.79 Å². The van der Waals surface area contributed by atoms with Gasteiger partial charge in [0.05, 0.1) is 6.07 Å². The van der Waals surface area contributed by atoms with Crippen molar-refractivity contribution >= 4 is 5.91 Å². The Morgan fingerprint density at radius 2 is 2.32 bits per heavy atom. The fourth-order valence-electron chi connectivity index (χ4n) is 2.33. The molecule has 0 aromatic carbocycles. The second-order valence-corrected chi connectivity index (χ2v) is 4.82. The molecule has 1 heterocycles. The van der Waals surface area contributed by atoms with Gasteiger partial charge in [0.25, 0.3) is 5.91 Å². The van der Waals surface area contributed by atoms with Gasteiger partial charge in [0.1, 0.15) is 12.1 Å². The maximum absolute atomic E-state index is 12.1. The third-order valence-corrected chi connectivity index (χ3v) is 3.35. The van der Waals surface area contributed by atoms with E-state index < -0.39 is 5.54 Å². The zero-order valence-corrected chi connectivity index (χ0v) is 10.9. The first kappa shape index (κ1) is 13.6. The normalized spacial score (nSPS) is 17.7. The molecule has 19 heavy (non-hydrogen) atoms. The molecule has 1 aliphatic carbocycles. The number of hydrogen-bond donors (Lipinski definition) is 1. The Kier molecular flexibility index (Phi) is 4.17. The van der Waals surface area contributed by atoms with Crippen molar-refractivity contribution < 1.29 is 14.1 Å². The summed E-state index contributed by atoms with van der Waals surface area (Å²) in [6.07, 6.45) is 4.42. The van der Waals surface area contributed by atoms with Crippen LogP contribution in [0.5, 0.6) is 0 Å². The average molecular weight is 263 g/mol. The predicted molar refractivity (Wildman–Crippen MR) is 66.1 cm³/mol. The number of amides is 1. The van der Waals surface area contributed by atoms with Crippen LogP contribution in [0.1, 0.15) is 48.4 Å². The Morgan fingerprint density at radius 1 is 1.58 bits per heavy atom. The molecular weight excluding hydrogens is 246 g/mol. The highest BCUT2D eigenvalue weighted by molar-refractivity contribution is 5.93. The Hall–Kier alpha value is -1.87. The van der Waals surface area contributed by atoms with Gasteiger partial charge in [0.2, 0.25) is 0 Å². The lowest BCUT2D eigenvalue weighted by Gasteiger charge is -2.31. The van der Waals surface area contributed by atoms with E-state index in [4.69, 9.17) is 9.26 Å². The molecule has 0 radical (unpaired) electrons. The zero-order valence-electron chi connectivity index (χ0n) is 10.9. The lowest BCUT2D eigenvalue weighted by atomic mass is 9.83. The molecule has 1 aromatic rings. The molecule has 1 N–H and O–H groups in total. The molecule has 0 atom stereocenters. The fraction of sp³-hybridized carbons (Fsp3) is 0.615. The molecule has 0 aliphatic heterocycles. The largest absolute Gasteiger partial charge is 0.377 e. The number of carbonyl (C=O) groups is 1. The lowest BCUT2D eigenvalue weighted by Crippen LogP contribution is -2.48. The van der Waals surface area contributed by atoms with Gasteiger partial charge in [-0.25, -0.2) is 0 Å². The molecule has 0 unspecified atom stereocenters. The summed E-state index contributed by atoms with van der Waals surface area (Å²) in [7, 11) is 1.54. The van der Waals surface area contributed by atoms with Gasteiger partial charge in [-0.1, -0.05) is 24.4 Å². The summed E-state index contributed by atoms with van der Waals surface area (Å²) in [4.78, 5) is 12.1. The number of hydrogen-bond acceptors (Lipinski definition) is 5. The van der Waals surface area contributed by atoms with E-state index in [1.54, 1.807) is 0 Å². The minimum absolute atomic E-state index is 0.187. The van der Waals surface area contributed by atoms with E-state index in [0.29, 0.717) is 18.6 Å². The van der Waals surface area contributed by atoms with Crippen molar-refractivity contribution in [2.45, 2.75) is 44.2 Å². The summed E-state index contributed by atoms with van der Waals surface area (Å²) in [5.74, 6) is 0.122. The minimum Gasteiger partial charge on any atom is -0.377 e. The van der Waals surface area contributed by atoms with Crippen molar-refractivity contribution in [1.29, 1.82) is 5.26 Å². The number of nitrogens with one attached hydrogen (secondary N) is 1. The van der Waals surface area contributed by atoms with Crippen LogP contribution in [0.25, 0.3) is 0 Å². The highest BCUT2D eigenvalue weighted by atomic mass is 16.5. The van der Waals surface area contributed by atoms with E-state index in [2.05, 4.69) is 16.5 Å². The Bertz CT molecular complexity index is 484. The van der Waals surface area contributed by atoms with Crippen LogP contribution < -0.4 is 5.32 Å². The molecule has 1 amide bonds. The average Bonchev–Trinajstić information content (AvgIpc) is 2.89. The summed E-state index contributed by atoms with van der Waals surface area (Å²) < 4.78 is 9.86. The number of carbonyl (C=O) groups excluding carboxylic acids is 1. The third kappa shape index (κ3) is 3.12. The van der Waals surface area contributed by atoms with Crippen LogP contribution >= 0.6 is 0 Å². The number of methoxy groups -OCH3 is 1. The van der Waals surface area contributed by atoms with Crippen LogP contribution in [0.2, 0.25) is 0 Å². The summed E-state index contributed by atoms with van der Waals surface area (Å²) in [6.45, 7) is 0.268. The van der Waals surface area contributed by atoms with Crippen LogP contribution in [0.15, 0.2) is 10.6 Å². The molecule has 6 nitrogen and oxygen atoms in total. The van der Waals surface area contributed by atoms with Crippen LogP contribution in [-0.2, 0) is 11.3 Å². The van der Waals surface area contributed by atoms with E-state index >= 15 is 0 Å². The first-order valence-corrected chi connectivity index (χ1v) is 6.37. The van der Waals surface area contributed by atoms with Crippen molar-refractivity contribution in [3.05, 3.63) is 17.5 Å². The Morgan fingerprint density at radius 3 is 2.95 bits per heavy atom. The smallest absolute Gasteiger partial charge is 0.274 e. The predicted octanol–water partition coefficient (Wildman–Crippen LogP) is 1.78. The second kappa shape index (κ2) is 5.85. The van der Waals surface area contributed by atoms with Crippen LogP contribution in [0.3, 0.4) is 0 Å². The van der Waals surface area contributed by atoms with Crippen LogP contribution in [0.4, 0.5) is 0 Å². The maximum Gasteiger partial charge on any atom is 0.274 e. The van der Waals surface area contributed by atoms with Crippen molar-refractivity contribution in [1.82, 2.24) is 10.5 Å². The van der Waals surface area contributed by atoms with E-state index in [1.807, 2.05) is 0 Å². The van der Waals surface area contributed by atoms with E-state index in [1.165, 1.54) is 13.2 Å². The summed E-state index contributed by atoms with van der Waals surface area (Å²) in [5, 5.41) is 15.8. The zero-order chi connectivity index (χ0) is 13.7. The number of nitrogens with zero attached hydrogens (tertiary/aromatic N) is 2. The Labute approximate surface area is 111 Å². The molecule has 102 valence electrons. The fourth-order valence-corrected chi connectivity index (χ4v) is 2.33. The molecule has 1 fully saturated rings. The van der Waals surface area contributed by atoms with Crippen molar-refractivity contribution in [2.24, 2.45) is 0 Å². The molecule has 1 aliphatic rings. The lowest BCUT2D eigenvalue weighted by molar-refractivity contribution is 0.0892. The van der Waals surface area contributed by atoms with Crippen LogP contribution in [0, 0.1) is 11.3 Å². The SMILES string of the molecule is COCc1cc(C(=O)NC2(C#N)CCCCC2)no1. The monoisotopic (exact) mass is 263 g/mol. The summed E-state index contributed by atoms with van der Waals surface area (Å²) in [6, 6.07) is 3.77. The maximum atomic E-state index is 12.1. The van der Waals surface area contributed by atoms with Crippen molar-refractivity contribution in [2.75, 3.05) is 7.11 Å². The number of aromatic nitrogens is 1. The number of nitriles is 1. The van der Waals surface area contributed by atoms with Gasteiger partial charge in [0.15, 0.2) is 11.5 Å². The quantitative estimate of drug-likeness (QED) is 0.894. The molecule has 0 spiro atoms.